The maximum Gasteiger partial charge on any atom is 0.270 e. The van der Waals surface area contributed by atoms with Crippen LogP contribution in [-0.4, -0.2) is 48.3 Å². The van der Waals surface area contributed by atoms with E-state index in [1.807, 2.05) is 11.5 Å². The SMILES string of the molecule is CCn1c(=NC(=O)C2CCCN(S(=O)(=O)c3ccc(OC)cc3)C2)sc2cc([N+](=O)[O-])ccc21. The number of aryl methyl sites for hydroxylation is 1. The fraction of sp³-hybridized carbons (Fsp3) is 0.364. The lowest BCUT2D eigenvalue weighted by Gasteiger charge is -2.30. The third-order valence-electron chi connectivity index (χ3n) is 5.83. The summed E-state index contributed by atoms with van der Waals surface area (Å²) >= 11 is 1.21. The number of piperidine rings is 1. The third kappa shape index (κ3) is 4.61. The van der Waals surface area contributed by atoms with Crippen LogP contribution in [0.2, 0.25) is 0 Å². The van der Waals surface area contributed by atoms with Crippen molar-refractivity contribution >= 4 is 43.2 Å². The van der Waals surface area contributed by atoms with Crippen LogP contribution in [0.5, 0.6) is 5.75 Å². The number of nitro groups is 1. The average molecular weight is 505 g/mol. The van der Waals surface area contributed by atoms with Crippen LogP contribution in [0.1, 0.15) is 19.8 Å². The highest BCUT2D eigenvalue weighted by molar-refractivity contribution is 7.89. The molecular formula is C22H24N4O6S2. The molecule has 180 valence electrons. The number of non-ortho nitro benzene ring substituents is 1. The van der Waals surface area contributed by atoms with Crippen molar-refractivity contribution in [3.05, 3.63) is 57.4 Å². The van der Waals surface area contributed by atoms with Crippen LogP contribution in [0.3, 0.4) is 0 Å². The van der Waals surface area contributed by atoms with Crippen LogP contribution in [0.15, 0.2) is 52.4 Å². The molecule has 1 aliphatic heterocycles. The molecule has 0 spiro atoms. The van der Waals surface area contributed by atoms with Gasteiger partial charge in [-0.25, -0.2) is 8.42 Å². The summed E-state index contributed by atoms with van der Waals surface area (Å²) in [4.78, 5) is 28.6. The highest BCUT2D eigenvalue weighted by Gasteiger charge is 2.33. The van der Waals surface area contributed by atoms with Crippen LogP contribution in [-0.2, 0) is 21.4 Å². The number of hydrogen-bond acceptors (Lipinski definition) is 7. The number of methoxy groups -OCH3 is 1. The maximum absolute atomic E-state index is 13.1. The van der Waals surface area contributed by atoms with Gasteiger partial charge in [-0.1, -0.05) is 11.3 Å². The first kappa shape index (κ1) is 24.0. The highest BCUT2D eigenvalue weighted by Crippen LogP contribution is 2.27. The zero-order valence-corrected chi connectivity index (χ0v) is 20.3. The van der Waals surface area contributed by atoms with Gasteiger partial charge < -0.3 is 9.30 Å². The van der Waals surface area contributed by atoms with E-state index in [0.717, 1.165) is 5.52 Å². The minimum absolute atomic E-state index is 0.0264. The summed E-state index contributed by atoms with van der Waals surface area (Å²) in [6.07, 6.45) is 1.09. The van der Waals surface area contributed by atoms with Crippen LogP contribution in [0.4, 0.5) is 5.69 Å². The van der Waals surface area contributed by atoms with Gasteiger partial charge in [0, 0.05) is 31.8 Å². The van der Waals surface area contributed by atoms with Gasteiger partial charge in [0.25, 0.3) is 11.6 Å². The molecule has 0 bridgehead atoms. The number of nitrogens with zero attached hydrogens (tertiary/aromatic N) is 4. The first-order chi connectivity index (χ1) is 16.2. The summed E-state index contributed by atoms with van der Waals surface area (Å²) in [6.45, 7) is 2.83. The van der Waals surface area contributed by atoms with Crippen LogP contribution in [0.25, 0.3) is 10.2 Å². The standard InChI is InChI=1S/C22H24N4O6S2/c1-3-25-19-11-6-16(26(28)29)13-20(19)33-22(25)23-21(27)15-5-4-12-24(14-15)34(30,31)18-9-7-17(32-2)8-10-18/h6-11,13,15H,3-5,12,14H2,1-2H3. The molecule has 0 N–H and O–H groups in total. The van der Waals surface area contributed by atoms with E-state index in [4.69, 9.17) is 4.74 Å². The monoisotopic (exact) mass is 504 g/mol. The summed E-state index contributed by atoms with van der Waals surface area (Å²) in [5.41, 5.74) is 0.735. The fourth-order valence-corrected chi connectivity index (χ4v) is 6.67. The Morgan fingerprint density at radius 3 is 2.65 bits per heavy atom. The van der Waals surface area contributed by atoms with Gasteiger partial charge in [-0.2, -0.15) is 9.30 Å². The second-order valence-corrected chi connectivity index (χ2v) is 10.8. The number of carbonyl (C=O) groups excluding carboxylic acids is 1. The van der Waals surface area contributed by atoms with Crippen molar-refractivity contribution in [2.45, 2.75) is 31.2 Å². The first-order valence-electron chi connectivity index (χ1n) is 10.7. The predicted octanol–water partition coefficient (Wildman–Crippen LogP) is 3.17. The van der Waals surface area contributed by atoms with E-state index < -0.39 is 26.8 Å². The molecule has 0 aliphatic carbocycles. The van der Waals surface area contributed by atoms with E-state index in [9.17, 15) is 23.3 Å². The Bertz CT molecular complexity index is 1410. The molecule has 1 unspecified atom stereocenters. The summed E-state index contributed by atoms with van der Waals surface area (Å²) in [5, 5.41) is 11.1. The van der Waals surface area contributed by atoms with E-state index in [2.05, 4.69) is 4.99 Å². The Balaban J connectivity index is 1.60. The molecule has 10 nitrogen and oxygen atoms in total. The number of hydrogen-bond donors (Lipinski definition) is 0. The number of amides is 1. The Morgan fingerprint density at radius 2 is 2.00 bits per heavy atom. The van der Waals surface area contributed by atoms with E-state index >= 15 is 0 Å². The summed E-state index contributed by atoms with van der Waals surface area (Å²) in [5.74, 6) is -0.396. The molecule has 1 aromatic heterocycles. The maximum atomic E-state index is 13.1. The molecule has 0 radical (unpaired) electrons. The third-order valence-corrected chi connectivity index (χ3v) is 8.75. The number of rotatable bonds is 6. The lowest BCUT2D eigenvalue weighted by molar-refractivity contribution is -0.384. The molecule has 0 saturated carbocycles. The van der Waals surface area contributed by atoms with Crippen LogP contribution < -0.4 is 9.54 Å². The smallest absolute Gasteiger partial charge is 0.270 e. The second-order valence-electron chi connectivity index (χ2n) is 7.87. The quantitative estimate of drug-likeness (QED) is 0.375. The molecule has 1 atom stereocenters. The van der Waals surface area contributed by atoms with E-state index in [1.165, 1.54) is 47.0 Å². The number of fused-ring (bicyclic) bond motifs is 1. The van der Waals surface area contributed by atoms with Gasteiger partial charge >= 0.3 is 0 Å². The van der Waals surface area contributed by atoms with Gasteiger partial charge in [0.15, 0.2) is 4.80 Å². The van der Waals surface area contributed by atoms with Gasteiger partial charge in [0.05, 0.1) is 33.1 Å². The second kappa shape index (κ2) is 9.65. The molecule has 1 aliphatic rings. The zero-order valence-electron chi connectivity index (χ0n) is 18.7. The molecular weight excluding hydrogens is 480 g/mol. The van der Waals surface area contributed by atoms with Crippen molar-refractivity contribution in [1.29, 1.82) is 0 Å². The van der Waals surface area contributed by atoms with Gasteiger partial charge in [0.1, 0.15) is 5.75 Å². The average Bonchev–Trinajstić information content (AvgIpc) is 3.20. The van der Waals surface area contributed by atoms with Crippen molar-refractivity contribution in [3.8, 4) is 5.75 Å². The Hall–Kier alpha value is -3.09. The molecule has 2 aromatic carbocycles. The number of sulfonamides is 1. The Morgan fingerprint density at radius 1 is 1.26 bits per heavy atom. The van der Waals surface area contributed by atoms with Crippen LogP contribution in [0, 0.1) is 16.0 Å². The summed E-state index contributed by atoms with van der Waals surface area (Å²) in [6, 6.07) is 10.7. The van der Waals surface area contributed by atoms with Crippen molar-refractivity contribution in [2.75, 3.05) is 20.2 Å². The molecule has 4 rings (SSSR count). The molecule has 34 heavy (non-hydrogen) atoms. The molecule has 1 saturated heterocycles. The number of thiazole rings is 1. The molecule has 12 heteroatoms. The Labute approximate surface area is 200 Å². The number of aromatic nitrogens is 1. The van der Waals surface area contributed by atoms with E-state index in [1.54, 1.807) is 18.2 Å². The lowest BCUT2D eigenvalue weighted by atomic mass is 9.99. The zero-order chi connectivity index (χ0) is 24.5. The number of ether oxygens (including phenoxy) is 1. The molecule has 1 amide bonds. The normalized spacial score (nSPS) is 17.7. The molecule has 3 aromatic rings. The number of carbonyl (C=O) groups is 1. The topological polar surface area (TPSA) is 124 Å². The predicted molar refractivity (Wildman–Crippen MR) is 127 cm³/mol. The minimum atomic E-state index is -3.76. The molecule has 2 heterocycles. The Kier molecular flexibility index (Phi) is 6.82. The fourth-order valence-electron chi connectivity index (χ4n) is 4.01. The summed E-state index contributed by atoms with van der Waals surface area (Å²) in [7, 11) is -2.25. The van der Waals surface area contributed by atoms with Crippen molar-refractivity contribution < 1.29 is 22.9 Å². The van der Waals surface area contributed by atoms with Gasteiger partial charge in [0.2, 0.25) is 10.0 Å². The van der Waals surface area contributed by atoms with E-state index in [0.29, 0.717) is 41.2 Å². The molecule has 1 fully saturated rings. The van der Waals surface area contributed by atoms with Crippen molar-refractivity contribution in [3.63, 3.8) is 0 Å². The van der Waals surface area contributed by atoms with Gasteiger partial charge in [-0.3, -0.25) is 14.9 Å². The number of nitro benzene ring substituents is 1. The van der Waals surface area contributed by atoms with Crippen LogP contribution >= 0.6 is 11.3 Å². The van der Waals surface area contributed by atoms with Crippen molar-refractivity contribution in [1.82, 2.24) is 8.87 Å². The van der Waals surface area contributed by atoms with E-state index in [-0.39, 0.29) is 17.1 Å². The largest absolute Gasteiger partial charge is 0.497 e. The lowest BCUT2D eigenvalue weighted by Crippen LogP contribution is -2.42. The minimum Gasteiger partial charge on any atom is -0.497 e. The van der Waals surface area contributed by atoms with Gasteiger partial charge in [-0.15, -0.1) is 0 Å². The summed E-state index contributed by atoms with van der Waals surface area (Å²) < 4.78 is 35.1. The van der Waals surface area contributed by atoms with Gasteiger partial charge in [-0.05, 0) is 50.1 Å². The first-order valence-corrected chi connectivity index (χ1v) is 13.0. The van der Waals surface area contributed by atoms with Crippen molar-refractivity contribution in [2.24, 2.45) is 10.9 Å². The number of benzene rings is 2. The highest BCUT2D eigenvalue weighted by atomic mass is 32.2.